The van der Waals surface area contributed by atoms with Crippen molar-refractivity contribution in [3.63, 3.8) is 0 Å². The van der Waals surface area contributed by atoms with Gasteiger partial charge in [0.25, 0.3) is 0 Å². The van der Waals surface area contributed by atoms with Crippen LogP contribution in [0.1, 0.15) is 0 Å². The van der Waals surface area contributed by atoms with E-state index in [1.54, 1.807) is 6.07 Å². The molecule has 0 amide bonds. The fourth-order valence-electron chi connectivity index (χ4n) is 2.68. The Hall–Kier alpha value is -2.95. The highest BCUT2D eigenvalue weighted by molar-refractivity contribution is 5.83. The van der Waals surface area contributed by atoms with Crippen LogP contribution < -0.4 is 5.43 Å². The first-order valence-corrected chi connectivity index (χ1v) is 8.95. The molecule has 4 atom stereocenters. The van der Waals surface area contributed by atoms with Crippen LogP contribution in [0.25, 0.3) is 22.3 Å². The van der Waals surface area contributed by atoms with Crippen LogP contribution in [0.4, 0.5) is 5.82 Å². The van der Waals surface area contributed by atoms with Crippen LogP contribution in [0.5, 0.6) is 0 Å². The second-order valence-corrected chi connectivity index (χ2v) is 6.39. The van der Waals surface area contributed by atoms with Gasteiger partial charge in [-0.25, -0.2) is 9.97 Å². The molecule has 0 aliphatic rings. The highest BCUT2D eigenvalue weighted by Crippen LogP contribution is 2.26. The zero-order valence-corrected chi connectivity index (χ0v) is 15.4. The van der Waals surface area contributed by atoms with E-state index in [1.807, 2.05) is 48.5 Å². The van der Waals surface area contributed by atoms with Gasteiger partial charge in [-0.15, -0.1) is 0 Å². The Morgan fingerprint density at radius 1 is 0.862 bits per heavy atom. The fourth-order valence-corrected chi connectivity index (χ4v) is 2.68. The molecular formula is C20H22N4O5. The van der Waals surface area contributed by atoms with Crippen molar-refractivity contribution in [2.45, 2.75) is 24.4 Å². The molecule has 3 rings (SSSR count). The monoisotopic (exact) mass is 398 g/mol. The molecule has 1 heterocycles. The highest BCUT2D eigenvalue weighted by Gasteiger charge is 2.29. The van der Waals surface area contributed by atoms with Gasteiger partial charge >= 0.3 is 0 Å². The zero-order chi connectivity index (χ0) is 20.8. The molecule has 2 aromatic carbocycles. The summed E-state index contributed by atoms with van der Waals surface area (Å²) in [5.41, 5.74) is 5.41. The smallest absolute Gasteiger partial charge is 0.173 e. The summed E-state index contributed by atoms with van der Waals surface area (Å²) in [6, 6.07) is 16.7. The Morgan fingerprint density at radius 2 is 1.48 bits per heavy atom. The maximum absolute atomic E-state index is 9.94. The van der Waals surface area contributed by atoms with Crippen molar-refractivity contribution in [3.05, 3.63) is 54.6 Å². The largest absolute Gasteiger partial charge is 0.394 e. The molecule has 0 unspecified atom stereocenters. The number of aliphatic hydroxyl groups excluding tert-OH is 5. The summed E-state index contributed by atoms with van der Waals surface area (Å²) in [7, 11) is 0. The lowest BCUT2D eigenvalue weighted by Gasteiger charge is -2.23. The number of aromatic nitrogens is 2. The van der Waals surface area contributed by atoms with E-state index in [9.17, 15) is 20.4 Å². The SMILES string of the molecule is OC[C@@H](O)[C@@H](O)[C@H](O)[C@H](O)/C=N/Nc1nc2ccccc2nc1-c1ccccc1. The summed E-state index contributed by atoms with van der Waals surface area (Å²) in [6.07, 6.45) is -5.69. The third-order valence-corrected chi connectivity index (χ3v) is 4.30. The number of benzene rings is 2. The Morgan fingerprint density at radius 3 is 2.14 bits per heavy atom. The molecule has 0 aliphatic carbocycles. The Bertz CT molecular complexity index is 970. The maximum Gasteiger partial charge on any atom is 0.173 e. The standard InChI is InChI=1S/C20H22N4O5/c25-11-16(27)19(29)18(28)15(26)10-21-24-20-17(12-6-2-1-3-7-12)22-13-8-4-5-9-14(13)23-20/h1-10,15-16,18-19,25-29H,11H2,(H,23,24)/b21-10+/t15-,16-,18-,19-/m1/s1. The van der Waals surface area contributed by atoms with E-state index in [0.717, 1.165) is 11.8 Å². The van der Waals surface area contributed by atoms with Gasteiger partial charge in [-0.3, -0.25) is 5.43 Å². The highest BCUT2D eigenvalue weighted by atomic mass is 16.4. The molecule has 0 radical (unpaired) electrons. The van der Waals surface area contributed by atoms with Crippen molar-refractivity contribution in [2.75, 3.05) is 12.0 Å². The predicted molar refractivity (Wildman–Crippen MR) is 108 cm³/mol. The number of nitrogens with one attached hydrogen (secondary N) is 1. The number of hydrogen-bond acceptors (Lipinski definition) is 9. The van der Waals surface area contributed by atoms with Crippen LogP contribution in [-0.2, 0) is 0 Å². The first-order chi connectivity index (χ1) is 14.0. The molecule has 9 heteroatoms. The normalized spacial score (nSPS) is 15.9. The number of hydrogen-bond donors (Lipinski definition) is 6. The van der Waals surface area contributed by atoms with Crippen LogP contribution >= 0.6 is 0 Å². The van der Waals surface area contributed by atoms with Crippen molar-refractivity contribution in [1.82, 2.24) is 9.97 Å². The number of fused-ring (bicyclic) bond motifs is 1. The summed E-state index contributed by atoms with van der Waals surface area (Å²) < 4.78 is 0. The fraction of sp³-hybridized carbons (Fsp3) is 0.250. The first-order valence-electron chi connectivity index (χ1n) is 8.95. The lowest BCUT2D eigenvalue weighted by molar-refractivity contribution is -0.0999. The van der Waals surface area contributed by atoms with Crippen LogP contribution in [0.2, 0.25) is 0 Å². The molecule has 9 nitrogen and oxygen atoms in total. The van der Waals surface area contributed by atoms with Gasteiger partial charge in [0, 0.05) is 5.56 Å². The Kier molecular flexibility index (Phi) is 6.81. The van der Waals surface area contributed by atoms with Crippen LogP contribution in [-0.4, -0.2) is 72.7 Å². The second-order valence-electron chi connectivity index (χ2n) is 6.39. The van der Waals surface area contributed by atoms with Crippen molar-refractivity contribution in [1.29, 1.82) is 0 Å². The quantitative estimate of drug-likeness (QED) is 0.231. The zero-order valence-electron chi connectivity index (χ0n) is 15.4. The molecule has 0 aliphatic heterocycles. The summed E-state index contributed by atoms with van der Waals surface area (Å²) in [6.45, 7) is -0.756. The van der Waals surface area contributed by atoms with Gasteiger partial charge in [0.15, 0.2) is 5.82 Å². The number of para-hydroxylation sites is 2. The average molecular weight is 398 g/mol. The first kappa shape index (κ1) is 20.8. The topological polar surface area (TPSA) is 151 Å². The molecule has 0 saturated carbocycles. The second kappa shape index (κ2) is 9.50. The predicted octanol–water partition coefficient (Wildman–Crippen LogP) is 0.130. The van der Waals surface area contributed by atoms with Gasteiger partial charge in [0.2, 0.25) is 0 Å². The van der Waals surface area contributed by atoms with E-state index in [-0.39, 0.29) is 0 Å². The molecule has 152 valence electrons. The van der Waals surface area contributed by atoms with Crippen LogP contribution in [0.15, 0.2) is 59.7 Å². The Labute approximate surface area is 166 Å². The summed E-state index contributed by atoms with van der Waals surface area (Å²) >= 11 is 0. The molecular weight excluding hydrogens is 376 g/mol. The van der Waals surface area contributed by atoms with Gasteiger partial charge in [-0.05, 0) is 12.1 Å². The molecule has 0 spiro atoms. The number of anilines is 1. The van der Waals surface area contributed by atoms with Gasteiger partial charge in [-0.2, -0.15) is 5.10 Å². The number of hydrazone groups is 1. The molecule has 0 saturated heterocycles. The minimum absolute atomic E-state index is 0.337. The molecule has 3 aromatic rings. The maximum atomic E-state index is 9.94. The summed E-state index contributed by atoms with van der Waals surface area (Å²) in [4.78, 5) is 9.15. The number of rotatable bonds is 8. The van der Waals surface area contributed by atoms with E-state index in [1.165, 1.54) is 0 Å². The van der Waals surface area contributed by atoms with Crippen molar-refractivity contribution < 1.29 is 25.5 Å². The van der Waals surface area contributed by atoms with E-state index >= 15 is 0 Å². The minimum atomic E-state index is -1.74. The van der Waals surface area contributed by atoms with E-state index in [0.29, 0.717) is 22.5 Å². The van der Waals surface area contributed by atoms with E-state index in [2.05, 4.69) is 20.5 Å². The molecule has 0 fully saturated rings. The van der Waals surface area contributed by atoms with Gasteiger partial charge < -0.3 is 25.5 Å². The summed E-state index contributed by atoms with van der Waals surface area (Å²) in [5.74, 6) is 0.337. The van der Waals surface area contributed by atoms with Crippen molar-refractivity contribution in [2.24, 2.45) is 5.10 Å². The minimum Gasteiger partial charge on any atom is -0.394 e. The van der Waals surface area contributed by atoms with Gasteiger partial charge in [-0.1, -0.05) is 42.5 Å². The molecule has 29 heavy (non-hydrogen) atoms. The van der Waals surface area contributed by atoms with E-state index < -0.39 is 31.0 Å². The summed E-state index contributed by atoms with van der Waals surface area (Å²) in [5, 5.41) is 51.5. The molecule has 1 aromatic heterocycles. The Balaban J connectivity index is 1.84. The molecule has 6 N–H and O–H groups in total. The van der Waals surface area contributed by atoms with E-state index in [4.69, 9.17) is 5.11 Å². The van der Waals surface area contributed by atoms with Crippen LogP contribution in [0, 0.1) is 0 Å². The number of nitrogens with zero attached hydrogens (tertiary/aromatic N) is 3. The van der Waals surface area contributed by atoms with Crippen molar-refractivity contribution >= 4 is 23.1 Å². The lowest BCUT2D eigenvalue weighted by atomic mass is 10.0. The van der Waals surface area contributed by atoms with Gasteiger partial charge in [0.05, 0.1) is 23.9 Å². The van der Waals surface area contributed by atoms with Crippen LogP contribution in [0.3, 0.4) is 0 Å². The van der Waals surface area contributed by atoms with Gasteiger partial charge in [0.1, 0.15) is 30.1 Å². The average Bonchev–Trinajstić information content (AvgIpc) is 2.77. The third-order valence-electron chi connectivity index (χ3n) is 4.30. The molecule has 0 bridgehead atoms. The number of aliphatic hydroxyl groups is 5. The third kappa shape index (κ3) is 4.91. The lowest BCUT2D eigenvalue weighted by Crippen LogP contribution is -2.46. The van der Waals surface area contributed by atoms with Crippen molar-refractivity contribution in [3.8, 4) is 11.3 Å².